The third-order valence-electron chi connectivity index (χ3n) is 3.43. The minimum Gasteiger partial charge on any atom is -0.389 e. The third kappa shape index (κ3) is 3.16. The van der Waals surface area contributed by atoms with Crippen LogP contribution >= 0.6 is 0 Å². The molecule has 0 saturated carbocycles. The molecule has 0 bridgehead atoms. The van der Waals surface area contributed by atoms with E-state index in [1.807, 2.05) is 13.8 Å². The summed E-state index contributed by atoms with van der Waals surface area (Å²) in [5.74, 6) is 0.219. The van der Waals surface area contributed by atoms with Crippen LogP contribution in [0.4, 0.5) is 0 Å². The van der Waals surface area contributed by atoms with Gasteiger partial charge in [0.25, 0.3) is 0 Å². The predicted octanol–water partition coefficient (Wildman–Crippen LogP) is 1.68. The smallest absolute Gasteiger partial charge is 0.0736 e. The van der Waals surface area contributed by atoms with Crippen molar-refractivity contribution < 1.29 is 9.84 Å². The van der Waals surface area contributed by atoms with E-state index in [-0.39, 0.29) is 18.1 Å². The van der Waals surface area contributed by atoms with Crippen LogP contribution in [-0.4, -0.2) is 29.5 Å². The average molecular weight is 215 g/mol. The highest BCUT2D eigenvalue weighted by Crippen LogP contribution is 2.36. The molecule has 3 heteroatoms. The Kier molecular flexibility index (Phi) is 4.56. The fourth-order valence-electron chi connectivity index (χ4n) is 2.86. The molecule has 1 fully saturated rings. The molecule has 3 nitrogen and oxygen atoms in total. The summed E-state index contributed by atoms with van der Waals surface area (Å²) in [6.07, 6.45) is 3.81. The second-order valence-corrected chi connectivity index (χ2v) is 4.99. The van der Waals surface area contributed by atoms with Crippen molar-refractivity contribution in [2.75, 3.05) is 6.54 Å². The van der Waals surface area contributed by atoms with Crippen molar-refractivity contribution in [2.45, 2.75) is 64.3 Å². The van der Waals surface area contributed by atoms with Crippen LogP contribution < -0.4 is 5.73 Å². The first kappa shape index (κ1) is 12.9. The lowest BCUT2D eigenvalue weighted by Gasteiger charge is -2.43. The van der Waals surface area contributed by atoms with E-state index in [1.54, 1.807) is 0 Å². The van der Waals surface area contributed by atoms with Crippen LogP contribution in [-0.2, 0) is 4.74 Å². The maximum atomic E-state index is 10.6. The third-order valence-corrected chi connectivity index (χ3v) is 3.43. The van der Waals surface area contributed by atoms with Gasteiger partial charge in [-0.25, -0.2) is 0 Å². The SMILES string of the molecule is CCCC(CN)C1(O)CC(C)OC(C)C1. The first-order chi connectivity index (χ1) is 7.01. The van der Waals surface area contributed by atoms with Crippen LogP contribution in [0.15, 0.2) is 0 Å². The van der Waals surface area contributed by atoms with Crippen LogP contribution in [0.5, 0.6) is 0 Å². The zero-order valence-corrected chi connectivity index (χ0v) is 10.2. The summed E-state index contributed by atoms with van der Waals surface area (Å²) >= 11 is 0. The van der Waals surface area contributed by atoms with Gasteiger partial charge in [-0.2, -0.15) is 0 Å². The lowest BCUT2D eigenvalue weighted by molar-refractivity contribution is -0.155. The average Bonchev–Trinajstić information content (AvgIpc) is 2.11. The second-order valence-electron chi connectivity index (χ2n) is 4.99. The molecule has 1 aliphatic heterocycles. The summed E-state index contributed by atoms with van der Waals surface area (Å²) in [5, 5.41) is 10.6. The monoisotopic (exact) mass is 215 g/mol. The lowest BCUT2D eigenvalue weighted by Crippen LogP contribution is -2.50. The molecule has 90 valence electrons. The van der Waals surface area contributed by atoms with Crippen LogP contribution in [0.2, 0.25) is 0 Å². The molecule has 0 spiro atoms. The van der Waals surface area contributed by atoms with E-state index < -0.39 is 5.60 Å². The number of hydrogen-bond acceptors (Lipinski definition) is 3. The zero-order valence-electron chi connectivity index (χ0n) is 10.2. The van der Waals surface area contributed by atoms with Crippen LogP contribution in [0.3, 0.4) is 0 Å². The van der Waals surface area contributed by atoms with Crippen LogP contribution in [0.1, 0.15) is 46.5 Å². The Hall–Kier alpha value is -0.120. The van der Waals surface area contributed by atoms with Crippen molar-refractivity contribution in [3.63, 3.8) is 0 Å². The normalized spacial score (nSPS) is 39.0. The quantitative estimate of drug-likeness (QED) is 0.750. The fraction of sp³-hybridized carbons (Fsp3) is 1.00. The number of ether oxygens (including phenoxy) is 1. The molecule has 0 aromatic carbocycles. The summed E-state index contributed by atoms with van der Waals surface area (Å²) in [4.78, 5) is 0. The molecular weight excluding hydrogens is 190 g/mol. The Morgan fingerprint density at radius 2 is 1.93 bits per heavy atom. The Bertz CT molecular complexity index is 186. The highest BCUT2D eigenvalue weighted by atomic mass is 16.5. The minimum atomic E-state index is -0.609. The van der Waals surface area contributed by atoms with Gasteiger partial charge >= 0.3 is 0 Å². The standard InChI is InChI=1S/C12H25NO2/c1-4-5-11(8-13)12(14)6-9(2)15-10(3)7-12/h9-11,14H,4-8,13H2,1-3H3. The summed E-state index contributed by atoms with van der Waals surface area (Å²) < 4.78 is 5.65. The number of hydrogen-bond donors (Lipinski definition) is 2. The maximum absolute atomic E-state index is 10.6. The van der Waals surface area contributed by atoms with Gasteiger partial charge in [-0.1, -0.05) is 13.3 Å². The van der Waals surface area contributed by atoms with Gasteiger partial charge in [0.15, 0.2) is 0 Å². The summed E-state index contributed by atoms with van der Waals surface area (Å²) in [6, 6.07) is 0. The Morgan fingerprint density at radius 3 is 2.33 bits per heavy atom. The largest absolute Gasteiger partial charge is 0.389 e. The van der Waals surface area contributed by atoms with Crippen molar-refractivity contribution in [1.82, 2.24) is 0 Å². The molecule has 15 heavy (non-hydrogen) atoms. The topological polar surface area (TPSA) is 55.5 Å². The molecule has 3 unspecified atom stereocenters. The first-order valence-electron chi connectivity index (χ1n) is 6.09. The van der Waals surface area contributed by atoms with Gasteiger partial charge in [-0.15, -0.1) is 0 Å². The maximum Gasteiger partial charge on any atom is 0.0736 e. The fourth-order valence-corrected chi connectivity index (χ4v) is 2.86. The molecule has 1 aliphatic rings. The molecule has 3 N–H and O–H groups in total. The van der Waals surface area contributed by atoms with Crippen LogP contribution in [0.25, 0.3) is 0 Å². The van der Waals surface area contributed by atoms with E-state index in [2.05, 4.69) is 6.92 Å². The van der Waals surface area contributed by atoms with E-state index in [0.29, 0.717) is 6.54 Å². The van der Waals surface area contributed by atoms with E-state index >= 15 is 0 Å². The van der Waals surface area contributed by atoms with E-state index in [9.17, 15) is 5.11 Å². The highest BCUT2D eigenvalue weighted by Gasteiger charge is 2.41. The van der Waals surface area contributed by atoms with Gasteiger partial charge in [0.05, 0.1) is 17.8 Å². The van der Waals surface area contributed by atoms with Gasteiger partial charge < -0.3 is 15.6 Å². The van der Waals surface area contributed by atoms with Gasteiger partial charge in [0, 0.05) is 18.8 Å². The predicted molar refractivity (Wildman–Crippen MR) is 61.6 cm³/mol. The molecule has 0 aliphatic carbocycles. The molecule has 1 saturated heterocycles. The van der Waals surface area contributed by atoms with Crippen molar-refractivity contribution in [1.29, 1.82) is 0 Å². The number of rotatable bonds is 4. The van der Waals surface area contributed by atoms with Crippen molar-refractivity contribution >= 4 is 0 Å². The molecule has 0 radical (unpaired) electrons. The Labute approximate surface area is 93.0 Å². The Balaban J connectivity index is 2.69. The molecule has 1 rings (SSSR count). The summed E-state index contributed by atoms with van der Waals surface area (Å²) in [6.45, 7) is 6.77. The van der Waals surface area contributed by atoms with E-state index in [1.165, 1.54) is 0 Å². The van der Waals surface area contributed by atoms with Gasteiger partial charge in [-0.3, -0.25) is 0 Å². The van der Waals surface area contributed by atoms with Gasteiger partial charge in [0.2, 0.25) is 0 Å². The van der Waals surface area contributed by atoms with Crippen LogP contribution in [0, 0.1) is 5.92 Å². The molecule has 0 amide bonds. The minimum absolute atomic E-state index is 0.143. The molecule has 0 aromatic rings. The molecular formula is C12H25NO2. The van der Waals surface area contributed by atoms with Crippen molar-refractivity contribution in [2.24, 2.45) is 11.7 Å². The molecule has 0 aromatic heterocycles. The molecule has 3 atom stereocenters. The van der Waals surface area contributed by atoms with Crippen molar-refractivity contribution in [3.05, 3.63) is 0 Å². The summed E-state index contributed by atoms with van der Waals surface area (Å²) in [7, 11) is 0. The van der Waals surface area contributed by atoms with E-state index in [0.717, 1.165) is 25.7 Å². The number of nitrogens with two attached hydrogens (primary N) is 1. The van der Waals surface area contributed by atoms with Crippen molar-refractivity contribution in [3.8, 4) is 0 Å². The summed E-state index contributed by atoms with van der Waals surface area (Å²) in [5.41, 5.74) is 5.16. The zero-order chi connectivity index (χ0) is 11.5. The first-order valence-corrected chi connectivity index (χ1v) is 6.09. The van der Waals surface area contributed by atoms with Gasteiger partial charge in [-0.05, 0) is 26.8 Å². The molecule has 1 heterocycles. The highest BCUT2D eigenvalue weighted by molar-refractivity contribution is 4.93. The Morgan fingerprint density at radius 1 is 1.40 bits per heavy atom. The van der Waals surface area contributed by atoms with Gasteiger partial charge in [0.1, 0.15) is 0 Å². The number of aliphatic hydroxyl groups is 1. The second kappa shape index (κ2) is 5.28. The van der Waals surface area contributed by atoms with E-state index in [4.69, 9.17) is 10.5 Å². The lowest BCUT2D eigenvalue weighted by atomic mass is 9.75.